The fourth-order valence-corrected chi connectivity index (χ4v) is 3.31. The van der Waals surface area contributed by atoms with Gasteiger partial charge in [0.2, 0.25) is 5.88 Å². The number of hydrogen-bond acceptors (Lipinski definition) is 5. The van der Waals surface area contributed by atoms with E-state index < -0.39 is 26.6 Å². The van der Waals surface area contributed by atoms with Crippen LogP contribution in [0, 0.1) is 11.6 Å². The van der Waals surface area contributed by atoms with E-state index in [9.17, 15) is 17.2 Å². The summed E-state index contributed by atoms with van der Waals surface area (Å²) in [4.78, 5) is -0.635. The first-order chi connectivity index (χ1) is 12.4. The smallest absolute Gasteiger partial charge is 0.264 e. The summed E-state index contributed by atoms with van der Waals surface area (Å²) in [6.07, 6.45) is 0. The van der Waals surface area contributed by atoms with E-state index in [-0.39, 0.29) is 5.69 Å². The van der Waals surface area contributed by atoms with Crippen LogP contribution in [0.25, 0.3) is 11.3 Å². The molecule has 0 amide bonds. The van der Waals surface area contributed by atoms with Crippen LogP contribution in [0.1, 0.15) is 0 Å². The molecule has 134 valence electrons. The van der Waals surface area contributed by atoms with E-state index in [0.717, 1.165) is 12.1 Å². The zero-order valence-electron chi connectivity index (χ0n) is 13.5. The van der Waals surface area contributed by atoms with Crippen molar-refractivity contribution in [3.05, 3.63) is 66.2 Å². The third-order valence-corrected chi connectivity index (χ3v) is 4.88. The molecule has 0 aliphatic rings. The number of methoxy groups -OCH3 is 1. The van der Waals surface area contributed by atoms with Crippen molar-refractivity contribution in [2.24, 2.45) is 0 Å². The topological polar surface area (TPSA) is 81.2 Å². The third kappa shape index (κ3) is 3.77. The summed E-state index contributed by atoms with van der Waals surface area (Å²) in [5.41, 5.74) is 1.50. The average Bonchev–Trinajstić information content (AvgIpc) is 2.62. The van der Waals surface area contributed by atoms with Crippen LogP contribution in [-0.4, -0.2) is 25.7 Å². The molecule has 3 rings (SSSR count). The summed E-state index contributed by atoms with van der Waals surface area (Å²) in [5.74, 6) is -1.64. The van der Waals surface area contributed by atoms with Gasteiger partial charge in [0, 0.05) is 23.4 Å². The minimum atomic E-state index is -4.18. The molecule has 0 bridgehead atoms. The van der Waals surface area contributed by atoms with Gasteiger partial charge in [-0.25, -0.2) is 17.2 Å². The van der Waals surface area contributed by atoms with Crippen LogP contribution in [0.3, 0.4) is 0 Å². The summed E-state index contributed by atoms with van der Waals surface area (Å²) in [6, 6.07) is 11.9. The Morgan fingerprint density at radius 3 is 2.27 bits per heavy atom. The van der Waals surface area contributed by atoms with Crippen molar-refractivity contribution in [3.63, 3.8) is 0 Å². The summed E-state index contributed by atoms with van der Waals surface area (Å²) in [7, 11) is -2.70. The molecule has 0 saturated heterocycles. The van der Waals surface area contributed by atoms with Gasteiger partial charge in [0.25, 0.3) is 10.0 Å². The van der Waals surface area contributed by atoms with Crippen molar-refractivity contribution in [2.75, 3.05) is 11.8 Å². The molecule has 0 spiro atoms. The quantitative estimate of drug-likeness (QED) is 0.738. The lowest BCUT2D eigenvalue weighted by Crippen LogP contribution is -2.14. The Kier molecular flexibility index (Phi) is 4.81. The van der Waals surface area contributed by atoms with Gasteiger partial charge >= 0.3 is 0 Å². The van der Waals surface area contributed by atoms with Gasteiger partial charge in [-0.2, -0.15) is 0 Å². The van der Waals surface area contributed by atoms with E-state index >= 15 is 0 Å². The fourth-order valence-electron chi connectivity index (χ4n) is 2.20. The monoisotopic (exact) mass is 377 g/mol. The van der Waals surface area contributed by atoms with Gasteiger partial charge in [-0.3, -0.25) is 4.72 Å². The second kappa shape index (κ2) is 7.04. The molecule has 6 nitrogen and oxygen atoms in total. The van der Waals surface area contributed by atoms with Gasteiger partial charge in [-0.1, -0.05) is 12.1 Å². The van der Waals surface area contributed by atoms with Crippen molar-refractivity contribution in [1.82, 2.24) is 10.2 Å². The number of anilines is 1. The van der Waals surface area contributed by atoms with Crippen LogP contribution >= 0.6 is 0 Å². The van der Waals surface area contributed by atoms with Crippen molar-refractivity contribution in [2.45, 2.75) is 4.90 Å². The largest absolute Gasteiger partial charge is 0.480 e. The molecule has 9 heteroatoms. The lowest BCUT2D eigenvalue weighted by molar-refractivity contribution is 0.392. The summed E-state index contributed by atoms with van der Waals surface area (Å²) in [5, 5.41) is 7.85. The van der Waals surface area contributed by atoms with Gasteiger partial charge in [0.05, 0.1) is 12.8 Å². The molecule has 26 heavy (non-hydrogen) atoms. The number of benzene rings is 2. The second-order valence-electron chi connectivity index (χ2n) is 5.22. The zero-order chi connectivity index (χ0) is 18.7. The van der Waals surface area contributed by atoms with E-state index in [1.54, 1.807) is 24.3 Å². The maximum atomic E-state index is 13.7. The molecular formula is C17H13F2N3O3S. The molecule has 0 aliphatic heterocycles. The maximum absolute atomic E-state index is 13.7. The number of halogens is 2. The molecule has 0 radical (unpaired) electrons. The first-order valence-electron chi connectivity index (χ1n) is 7.35. The van der Waals surface area contributed by atoms with Crippen molar-refractivity contribution in [3.8, 4) is 17.1 Å². The summed E-state index contributed by atoms with van der Waals surface area (Å²) >= 11 is 0. The Labute approximate surface area is 148 Å². The van der Waals surface area contributed by atoms with Crippen molar-refractivity contribution >= 4 is 15.7 Å². The first kappa shape index (κ1) is 17.7. The Morgan fingerprint density at radius 1 is 0.962 bits per heavy atom. The van der Waals surface area contributed by atoms with Crippen LogP contribution in [0.2, 0.25) is 0 Å². The van der Waals surface area contributed by atoms with Crippen LogP contribution < -0.4 is 9.46 Å². The van der Waals surface area contributed by atoms with Crippen molar-refractivity contribution in [1.29, 1.82) is 0 Å². The lowest BCUT2D eigenvalue weighted by atomic mass is 10.1. The second-order valence-corrected chi connectivity index (χ2v) is 6.87. The predicted octanol–water partition coefficient (Wildman–Crippen LogP) is 3.23. The number of nitrogens with one attached hydrogen (secondary N) is 1. The maximum Gasteiger partial charge on any atom is 0.264 e. The first-order valence-corrected chi connectivity index (χ1v) is 8.83. The van der Waals surface area contributed by atoms with Gasteiger partial charge < -0.3 is 4.74 Å². The normalized spacial score (nSPS) is 11.2. The standard InChI is InChI=1S/C17H13F2N3O3S/c1-25-17-9-7-15(20-21-17)11-2-5-13(6-3-11)22-26(23,24)16-8-4-12(18)10-14(16)19/h2-10,22H,1H3. The Hall–Kier alpha value is -3.07. The van der Waals surface area contributed by atoms with E-state index in [2.05, 4.69) is 14.9 Å². The number of sulfonamides is 1. The SMILES string of the molecule is COc1ccc(-c2ccc(NS(=O)(=O)c3ccc(F)cc3F)cc2)nn1. The predicted molar refractivity (Wildman–Crippen MR) is 91.2 cm³/mol. The molecular weight excluding hydrogens is 364 g/mol. The third-order valence-electron chi connectivity index (χ3n) is 3.47. The highest BCUT2D eigenvalue weighted by Crippen LogP contribution is 2.23. The molecule has 0 saturated carbocycles. The summed E-state index contributed by atoms with van der Waals surface area (Å²) in [6.45, 7) is 0. The number of nitrogens with zero attached hydrogens (tertiary/aromatic N) is 2. The van der Waals surface area contributed by atoms with E-state index in [0.29, 0.717) is 23.2 Å². The molecule has 0 fully saturated rings. The average molecular weight is 377 g/mol. The highest BCUT2D eigenvalue weighted by atomic mass is 32.2. The molecule has 1 heterocycles. The molecule has 2 aromatic carbocycles. The molecule has 0 atom stereocenters. The molecule has 1 aromatic heterocycles. The van der Waals surface area contributed by atoms with E-state index in [1.807, 2.05) is 0 Å². The van der Waals surface area contributed by atoms with Crippen LogP contribution in [0.5, 0.6) is 5.88 Å². The van der Waals surface area contributed by atoms with E-state index in [4.69, 9.17) is 4.74 Å². The fraction of sp³-hybridized carbons (Fsp3) is 0.0588. The van der Waals surface area contributed by atoms with E-state index in [1.165, 1.54) is 19.2 Å². The Morgan fingerprint density at radius 2 is 1.69 bits per heavy atom. The molecule has 0 unspecified atom stereocenters. The molecule has 3 aromatic rings. The highest BCUT2D eigenvalue weighted by molar-refractivity contribution is 7.92. The molecule has 1 N–H and O–H groups in total. The van der Waals surface area contributed by atoms with Gasteiger partial charge in [0.1, 0.15) is 16.5 Å². The van der Waals surface area contributed by atoms with Crippen LogP contribution in [0.4, 0.5) is 14.5 Å². The van der Waals surface area contributed by atoms with Crippen molar-refractivity contribution < 1.29 is 21.9 Å². The molecule has 0 aliphatic carbocycles. The van der Waals surface area contributed by atoms with Gasteiger partial charge in [-0.05, 0) is 30.3 Å². The zero-order valence-corrected chi connectivity index (χ0v) is 14.3. The Bertz CT molecular complexity index is 1020. The van der Waals surface area contributed by atoms with Gasteiger partial charge in [0.15, 0.2) is 0 Å². The lowest BCUT2D eigenvalue weighted by Gasteiger charge is -2.09. The Balaban J connectivity index is 1.82. The number of hydrogen-bond donors (Lipinski definition) is 1. The number of ether oxygens (including phenoxy) is 1. The summed E-state index contributed by atoms with van der Waals surface area (Å²) < 4.78 is 58.3. The highest BCUT2D eigenvalue weighted by Gasteiger charge is 2.19. The van der Waals surface area contributed by atoms with Crippen LogP contribution in [-0.2, 0) is 10.0 Å². The van der Waals surface area contributed by atoms with Crippen LogP contribution in [0.15, 0.2) is 59.5 Å². The number of aromatic nitrogens is 2. The minimum Gasteiger partial charge on any atom is -0.480 e. The minimum absolute atomic E-state index is 0.221. The number of rotatable bonds is 5. The van der Waals surface area contributed by atoms with Gasteiger partial charge in [-0.15, -0.1) is 10.2 Å².